The van der Waals surface area contributed by atoms with E-state index in [0.29, 0.717) is 35.5 Å². The number of ketones is 1. The molecule has 9 heteroatoms. The molecule has 1 atom stereocenters. The third-order valence-electron chi connectivity index (χ3n) is 7.23. The van der Waals surface area contributed by atoms with Gasteiger partial charge in [-0.05, 0) is 43.4 Å². The average molecular weight is 462 g/mol. The Morgan fingerprint density at radius 2 is 1.70 bits per heavy atom. The average Bonchev–Trinajstić information content (AvgIpc) is 3.09. The maximum absolute atomic E-state index is 13.1. The van der Waals surface area contributed by atoms with E-state index in [1.165, 1.54) is 25.2 Å². The van der Waals surface area contributed by atoms with Gasteiger partial charge in [0, 0.05) is 36.6 Å². The molecule has 1 saturated heterocycles. The van der Waals surface area contributed by atoms with Crippen LogP contribution in [0.5, 0.6) is 11.5 Å². The molecule has 1 aromatic rings. The molecule has 0 amide bonds. The van der Waals surface area contributed by atoms with Crippen LogP contribution in [0.15, 0.2) is 35.9 Å². The van der Waals surface area contributed by atoms with Gasteiger partial charge in [0.15, 0.2) is 17.1 Å². The maximum atomic E-state index is 13.1. The normalized spacial score (nSPS) is 24.6. The zero-order valence-electron chi connectivity index (χ0n) is 18.8. The van der Waals surface area contributed by atoms with Crippen LogP contribution in [0.4, 0.5) is 0 Å². The fourth-order valence-corrected chi connectivity index (χ4v) is 5.17. The van der Waals surface area contributed by atoms with Crippen molar-refractivity contribution in [3.63, 3.8) is 0 Å². The first-order valence-electron chi connectivity index (χ1n) is 11.1. The first-order valence-corrected chi connectivity index (χ1v) is 11.1. The Kier molecular flexibility index (Phi) is 6.15. The molecule has 1 fully saturated rings. The Balaban J connectivity index is 1.52. The number of nitrogens with zero attached hydrogens (tertiary/aromatic N) is 1. The molecule has 9 nitrogen and oxygen atoms in total. The summed E-state index contributed by atoms with van der Waals surface area (Å²) in [6.45, 7) is 0.306. The van der Waals surface area contributed by atoms with E-state index in [4.69, 9.17) is 9.47 Å². The second kappa shape index (κ2) is 8.50. The standard InChI is InChI=1S/C24H31NO8/c1-32-19-12-15-14-22(27,21(26)18(15)13-20(19)33-2)23(28,29)16-8-10-25(11-9-16)24(30,31)17-6-4-3-5-7-17/h3-4,6,12-13,16,27-31H,5,7-11,14H2,1-2H3. The second-order valence-corrected chi connectivity index (χ2v) is 9.01. The molecule has 2 aliphatic carbocycles. The third-order valence-corrected chi connectivity index (χ3v) is 7.23. The van der Waals surface area contributed by atoms with Crippen molar-refractivity contribution in [1.82, 2.24) is 4.90 Å². The van der Waals surface area contributed by atoms with Crippen molar-refractivity contribution in [3.8, 4) is 11.5 Å². The van der Waals surface area contributed by atoms with Gasteiger partial charge < -0.3 is 35.0 Å². The highest BCUT2D eigenvalue weighted by molar-refractivity contribution is 6.08. The summed E-state index contributed by atoms with van der Waals surface area (Å²) >= 11 is 0. The summed E-state index contributed by atoms with van der Waals surface area (Å²) < 4.78 is 10.5. The number of Topliss-reactive ketones (excluding diaryl/α,β-unsaturated/α-hetero) is 1. The van der Waals surface area contributed by atoms with Crippen molar-refractivity contribution in [3.05, 3.63) is 47.1 Å². The van der Waals surface area contributed by atoms with Gasteiger partial charge in [-0.15, -0.1) is 0 Å². The minimum absolute atomic E-state index is 0.150. The van der Waals surface area contributed by atoms with Gasteiger partial charge in [-0.3, -0.25) is 4.79 Å². The molecule has 0 saturated carbocycles. The minimum atomic E-state index is -2.71. The van der Waals surface area contributed by atoms with Gasteiger partial charge in [-0.25, -0.2) is 4.90 Å². The predicted octanol–water partition coefficient (Wildman–Crippen LogP) is 0.481. The highest BCUT2D eigenvalue weighted by atomic mass is 16.5. The molecule has 180 valence electrons. The summed E-state index contributed by atoms with van der Waals surface area (Å²) in [6, 6.07) is 2.99. The topological polar surface area (TPSA) is 140 Å². The van der Waals surface area contributed by atoms with Gasteiger partial charge in [-0.1, -0.05) is 18.2 Å². The molecule has 1 aromatic carbocycles. The van der Waals surface area contributed by atoms with E-state index in [-0.39, 0.29) is 37.9 Å². The number of carbonyl (C=O) groups excluding carboxylic acids is 1. The van der Waals surface area contributed by atoms with Crippen molar-refractivity contribution in [2.24, 2.45) is 5.92 Å². The summed E-state index contributed by atoms with van der Waals surface area (Å²) in [5.41, 5.74) is -1.37. The lowest BCUT2D eigenvalue weighted by Crippen LogP contribution is -2.64. The summed E-state index contributed by atoms with van der Waals surface area (Å²) in [4.78, 5) is 14.6. The van der Waals surface area contributed by atoms with Crippen LogP contribution >= 0.6 is 0 Å². The Hall–Kier alpha value is -2.27. The molecule has 1 aliphatic heterocycles. The highest BCUT2D eigenvalue weighted by Crippen LogP contribution is 2.46. The summed E-state index contributed by atoms with van der Waals surface area (Å²) in [6.07, 6.45) is 6.66. The molecule has 1 heterocycles. The molecule has 3 aliphatic rings. The monoisotopic (exact) mass is 461 g/mol. The van der Waals surface area contributed by atoms with Crippen LogP contribution in [0.1, 0.15) is 41.6 Å². The lowest BCUT2D eigenvalue weighted by atomic mass is 9.76. The van der Waals surface area contributed by atoms with Gasteiger partial charge >= 0.3 is 0 Å². The van der Waals surface area contributed by atoms with Gasteiger partial charge in [0.1, 0.15) is 0 Å². The van der Waals surface area contributed by atoms with Crippen LogP contribution in [-0.2, 0) is 6.42 Å². The fraction of sp³-hybridized carbons (Fsp3) is 0.542. The number of fused-ring (bicyclic) bond motifs is 1. The van der Waals surface area contributed by atoms with Crippen LogP contribution in [0.25, 0.3) is 0 Å². The number of carbonyl (C=O) groups is 1. The molecule has 0 bridgehead atoms. The largest absolute Gasteiger partial charge is 0.493 e. The Labute approximate surface area is 192 Å². The predicted molar refractivity (Wildman–Crippen MR) is 118 cm³/mol. The SMILES string of the molecule is COc1cc2c(cc1OC)C(=O)C(O)(C(O)(O)C1CCN(C(O)(O)C3=CC=CCC3)CC1)C2. The lowest BCUT2D eigenvalue weighted by Gasteiger charge is -2.47. The Bertz CT molecular complexity index is 990. The van der Waals surface area contributed by atoms with Crippen molar-refractivity contribution in [2.45, 2.75) is 49.4 Å². The molecule has 1 unspecified atom stereocenters. The number of ether oxygens (including phenoxy) is 2. The Morgan fingerprint density at radius 3 is 2.27 bits per heavy atom. The van der Waals surface area contributed by atoms with E-state index >= 15 is 0 Å². The number of hydrogen-bond acceptors (Lipinski definition) is 9. The number of hydrogen-bond donors (Lipinski definition) is 5. The zero-order chi connectivity index (χ0) is 24.0. The number of aliphatic hydroxyl groups is 5. The molecule has 0 spiro atoms. The molecule has 0 aromatic heterocycles. The lowest BCUT2D eigenvalue weighted by molar-refractivity contribution is -0.298. The highest BCUT2D eigenvalue weighted by Gasteiger charge is 2.62. The van der Waals surface area contributed by atoms with Gasteiger partial charge in [-0.2, -0.15) is 0 Å². The fourth-order valence-electron chi connectivity index (χ4n) is 5.17. The smallest absolute Gasteiger partial charge is 0.249 e. The number of methoxy groups -OCH3 is 2. The van der Waals surface area contributed by atoms with Gasteiger partial charge in [0.25, 0.3) is 0 Å². The van der Waals surface area contributed by atoms with Gasteiger partial charge in [0.05, 0.1) is 14.2 Å². The van der Waals surface area contributed by atoms with Gasteiger partial charge in [0.2, 0.25) is 17.5 Å². The van der Waals surface area contributed by atoms with Crippen molar-refractivity contribution >= 4 is 5.78 Å². The van der Waals surface area contributed by atoms with E-state index in [9.17, 15) is 30.3 Å². The summed E-state index contributed by atoms with van der Waals surface area (Å²) in [7, 11) is 2.87. The number of allylic oxidation sites excluding steroid dienone is 3. The molecule has 4 rings (SSSR count). The van der Waals surface area contributed by atoms with E-state index in [2.05, 4.69) is 0 Å². The van der Waals surface area contributed by atoms with E-state index in [1.807, 2.05) is 6.08 Å². The van der Waals surface area contributed by atoms with Crippen LogP contribution in [0.2, 0.25) is 0 Å². The minimum Gasteiger partial charge on any atom is -0.493 e. The van der Waals surface area contributed by atoms with E-state index in [1.54, 1.807) is 18.2 Å². The molecular weight excluding hydrogens is 430 g/mol. The van der Waals surface area contributed by atoms with E-state index < -0.39 is 29.0 Å². The van der Waals surface area contributed by atoms with Crippen molar-refractivity contribution in [2.75, 3.05) is 27.3 Å². The van der Waals surface area contributed by atoms with Crippen molar-refractivity contribution in [1.29, 1.82) is 0 Å². The van der Waals surface area contributed by atoms with Crippen LogP contribution in [0, 0.1) is 5.92 Å². The molecule has 33 heavy (non-hydrogen) atoms. The quantitative estimate of drug-likeness (QED) is 0.383. The van der Waals surface area contributed by atoms with Crippen LogP contribution < -0.4 is 9.47 Å². The molecular formula is C24H31NO8. The number of likely N-dealkylation sites (tertiary alicyclic amines) is 1. The van der Waals surface area contributed by atoms with Crippen LogP contribution in [0.3, 0.4) is 0 Å². The first kappa shape index (κ1) is 23.9. The number of benzene rings is 1. The number of rotatable bonds is 6. The molecule has 5 N–H and O–H groups in total. The van der Waals surface area contributed by atoms with Crippen LogP contribution in [-0.4, -0.2) is 80.8 Å². The number of piperidine rings is 1. The molecule has 0 radical (unpaired) electrons. The zero-order valence-corrected chi connectivity index (χ0v) is 18.8. The van der Waals surface area contributed by atoms with Crippen molar-refractivity contribution < 1.29 is 39.8 Å². The third kappa shape index (κ3) is 3.78. The first-order chi connectivity index (χ1) is 15.6. The Morgan fingerprint density at radius 1 is 1.06 bits per heavy atom. The summed E-state index contributed by atoms with van der Waals surface area (Å²) in [5.74, 6) is -5.81. The maximum Gasteiger partial charge on any atom is 0.249 e. The van der Waals surface area contributed by atoms with E-state index in [0.717, 1.165) is 0 Å². The summed E-state index contributed by atoms with van der Waals surface area (Å²) in [5, 5.41) is 54.8. The second-order valence-electron chi connectivity index (χ2n) is 9.01.